The van der Waals surface area contributed by atoms with Crippen molar-refractivity contribution >= 4 is 11.8 Å². The maximum absolute atomic E-state index is 13.9. The number of rotatable bonds is 6. The van der Waals surface area contributed by atoms with Gasteiger partial charge in [0.1, 0.15) is 6.04 Å². The van der Waals surface area contributed by atoms with Crippen LogP contribution in [-0.2, 0) is 9.59 Å². The number of likely N-dealkylation sites (tertiary alicyclic amines) is 1. The lowest BCUT2D eigenvalue weighted by Gasteiger charge is -2.33. The quantitative estimate of drug-likeness (QED) is 0.821. The average Bonchev–Trinajstić information content (AvgIpc) is 3.50. The summed E-state index contributed by atoms with van der Waals surface area (Å²) < 4.78 is 45.7. The van der Waals surface area contributed by atoms with Crippen molar-refractivity contribution in [1.29, 1.82) is 0 Å². The zero-order valence-corrected chi connectivity index (χ0v) is 15.1. The summed E-state index contributed by atoms with van der Waals surface area (Å²) in [5.74, 6) is -1.79. The van der Waals surface area contributed by atoms with Gasteiger partial charge in [0.2, 0.25) is 11.8 Å². The summed E-state index contributed by atoms with van der Waals surface area (Å²) in [6.45, 7) is 0.842. The normalized spacial score (nSPS) is 21.1. The van der Waals surface area contributed by atoms with Gasteiger partial charge in [-0.15, -0.1) is 0 Å². The van der Waals surface area contributed by atoms with Crippen LogP contribution in [0.4, 0.5) is 13.2 Å². The highest BCUT2D eigenvalue weighted by atomic mass is 19.3. The van der Waals surface area contributed by atoms with E-state index in [0.717, 1.165) is 18.9 Å². The van der Waals surface area contributed by atoms with Crippen LogP contribution in [0.25, 0.3) is 0 Å². The summed E-state index contributed by atoms with van der Waals surface area (Å²) in [5.41, 5.74) is -0.0293. The molecule has 1 aliphatic heterocycles. The molecule has 0 radical (unpaired) electrons. The van der Waals surface area contributed by atoms with Crippen LogP contribution in [0, 0.1) is 17.7 Å². The van der Waals surface area contributed by atoms with E-state index in [1.807, 2.05) is 0 Å². The molecule has 5 nitrogen and oxygen atoms in total. The number of nitrogens with one attached hydrogen (secondary N) is 1. The molecular formula is C19H23F3N2O3. The van der Waals surface area contributed by atoms with Crippen LogP contribution in [0.5, 0.6) is 5.75 Å². The van der Waals surface area contributed by atoms with E-state index in [4.69, 9.17) is 4.74 Å². The molecule has 1 aromatic carbocycles. The smallest absolute Gasteiger partial charge is 0.262 e. The van der Waals surface area contributed by atoms with Crippen LogP contribution in [0.2, 0.25) is 0 Å². The highest BCUT2D eigenvalue weighted by Crippen LogP contribution is 2.33. The number of carbonyl (C=O) groups excluding carboxylic acids is 2. The predicted octanol–water partition coefficient (Wildman–Crippen LogP) is 2.91. The monoisotopic (exact) mass is 384 g/mol. The van der Waals surface area contributed by atoms with Crippen molar-refractivity contribution in [1.82, 2.24) is 10.2 Å². The molecule has 1 saturated carbocycles. The number of benzene rings is 1. The van der Waals surface area contributed by atoms with E-state index in [0.29, 0.717) is 19.4 Å². The molecule has 1 aromatic rings. The molecule has 0 spiro atoms. The van der Waals surface area contributed by atoms with Gasteiger partial charge in [0.05, 0.1) is 13.0 Å². The number of hydrogen-bond donors (Lipinski definition) is 1. The average molecular weight is 384 g/mol. The van der Waals surface area contributed by atoms with Crippen LogP contribution in [0.1, 0.15) is 37.3 Å². The third-order valence-electron chi connectivity index (χ3n) is 5.12. The Hall–Kier alpha value is -2.25. The number of carbonyl (C=O) groups is 2. The first-order valence-corrected chi connectivity index (χ1v) is 9.11. The lowest BCUT2D eigenvalue weighted by Crippen LogP contribution is -2.47. The first-order valence-electron chi connectivity index (χ1n) is 9.11. The van der Waals surface area contributed by atoms with Crippen LogP contribution >= 0.6 is 0 Å². The molecule has 1 aliphatic carbocycles. The van der Waals surface area contributed by atoms with E-state index in [1.165, 1.54) is 19.2 Å². The minimum atomic E-state index is -2.89. The standard InChI is InChI=1S/C19H23F3N2O3/c1-27-15-7-6-12(9-14(15)20)16(17(21)22)23-18(25)13-3-2-8-24(10-13)19(26)11-4-5-11/h6-7,9,11,13,16-17H,2-5,8,10H2,1H3,(H,23,25). The number of hydrogen-bond acceptors (Lipinski definition) is 3. The molecule has 1 saturated heterocycles. The van der Waals surface area contributed by atoms with Gasteiger partial charge in [0.15, 0.2) is 11.6 Å². The lowest BCUT2D eigenvalue weighted by molar-refractivity contribution is -0.137. The van der Waals surface area contributed by atoms with Crippen LogP contribution in [0.15, 0.2) is 18.2 Å². The molecule has 3 rings (SSSR count). The fraction of sp³-hybridized carbons (Fsp3) is 0.579. The van der Waals surface area contributed by atoms with Gasteiger partial charge < -0.3 is 15.0 Å². The third kappa shape index (κ3) is 4.54. The third-order valence-corrected chi connectivity index (χ3v) is 5.12. The highest BCUT2D eigenvalue weighted by molar-refractivity contribution is 5.83. The number of nitrogens with zero attached hydrogens (tertiary/aromatic N) is 1. The summed E-state index contributed by atoms with van der Waals surface area (Å²) in [5, 5.41) is 2.34. The van der Waals surface area contributed by atoms with E-state index in [1.54, 1.807) is 4.90 Å². The van der Waals surface area contributed by atoms with Gasteiger partial charge in [-0.05, 0) is 43.4 Å². The van der Waals surface area contributed by atoms with Crippen molar-refractivity contribution in [2.24, 2.45) is 11.8 Å². The topological polar surface area (TPSA) is 58.6 Å². The number of piperidine rings is 1. The number of ether oxygens (including phenoxy) is 1. The van der Waals surface area contributed by atoms with Gasteiger partial charge in [0, 0.05) is 19.0 Å². The molecule has 2 aliphatic rings. The molecule has 0 aromatic heterocycles. The minimum Gasteiger partial charge on any atom is -0.494 e. The zero-order chi connectivity index (χ0) is 19.6. The Bertz CT molecular complexity index is 709. The second-order valence-corrected chi connectivity index (χ2v) is 7.11. The Balaban J connectivity index is 1.67. The molecule has 0 bridgehead atoms. The number of alkyl halides is 2. The minimum absolute atomic E-state index is 0.0293. The molecule has 1 N–H and O–H groups in total. The van der Waals surface area contributed by atoms with E-state index in [9.17, 15) is 22.8 Å². The first-order chi connectivity index (χ1) is 12.9. The Labute approximate surface area is 155 Å². The molecular weight excluding hydrogens is 361 g/mol. The molecule has 148 valence electrons. The van der Waals surface area contributed by atoms with E-state index in [-0.39, 0.29) is 29.7 Å². The van der Waals surface area contributed by atoms with E-state index in [2.05, 4.69) is 5.32 Å². The van der Waals surface area contributed by atoms with Crippen molar-refractivity contribution in [2.75, 3.05) is 20.2 Å². The lowest BCUT2D eigenvalue weighted by atomic mass is 9.95. The number of amides is 2. The van der Waals surface area contributed by atoms with Gasteiger partial charge in [-0.2, -0.15) is 0 Å². The summed E-state index contributed by atoms with van der Waals surface area (Å²) in [6, 6.07) is 1.89. The second-order valence-electron chi connectivity index (χ2n) is 7.11. The summed E-state index contributed by atoms with van der Waals surface area (Å²) >= 11 is 0. The molecule has 2 fully saturated rings. The summed E-state index contributed by atoms with van der Waals surface area (Å²) in [4.78, 5) is 26.4. The van der Waals surface area contributed by atoms with Gasteiger partial charge in [-0.25, -0.2) is 13.2 Å². The maximum atomic E-state index is 13.9. The summed E-state index contributed by atoms with van der Waals surface area (Å²) in [7, 11) is 1.28. The van der Waals surface area contributed by atoms with Crippen molar-refractivity contribution in [3.05, 3.63) is 29.6 Å². The maximum Gasteiger partial charge on any atom is 0.262 e. The van der Waals surface area contributed by atoms with Crippen molar-refractivity contribution < 1.29 is 27.5 Å². The fourth-order valence-electron chi connectivity index (χ4n) is 3.42. The Morgan fingerprint density at radius 3 is 2.56 bits per heavy atom. The number of methoxy groups -OCH3 is 1. The van der Waals surface area contributed by atoms with Crippen molar-refractivity contribution in [2.45, 2.75) is 38.2 Å². The van der Waals surface area contributed by atoms with Gasteiger partial charge in [-0.1, -0.05) is 6.07 Å². The molecule has 2 atom stereocenters. The predicted molar refractivity (Wildman–Crippen MR) is 91.9 cm³/mol. The van der Waals surface area contributed by atoms with Crippen LogP contribution in [0.3, 0.4) is 0 Å². The molecule has 27 heavy (non-hydrogen) atoms. The molecule has 1 heterocycles. The van der Waals surface area contributed by atoms with E-state index < -0.39 is 30.1 Å². The van der Waals surface area contributed by atoms with Crippen LogP contribution in [-0.4, -0.2) is 43.3 Å². The largest absolute Gasteiger partial charge is 0.494 e. The Morgan fingerprint density at radius 2 is 1.96 bits per heavy atom. The first kappa shape index (κ1) is 19.5. The SMILES string of the molecule is COc1ccc(C(NC(=O)C2CCCN(C(=O)C3CC3)C2)C(F)F)cc1F. The molecule has 8 heteroatoms. The van der Waals surface area contributed by atoms with Crippen LogP contribution < -0.4 is 10.1 Å². The van der Waals surface area contributed by atoms with Gasteiger partial charge in [-0.3, -0.25) is 9.59 Å². The second kappa shape index (κ2) is 8.19. The Kier molecular flexibility index (Phi) is 5.92. The highest BCUT2D eigenvalue weighted by Gasteiger charge is 2.37. The number of halogens is 3. The molecule has 2 unspecified atom stereocenters. The van der Waals surface area contributed by atoms with Gasteiger partial charge >= 0.3 is 0 Å². The van der Waals surface area contributed by atoms with E-state index >= 15 is 0 Å². The van der Waals surface area contributed by atoms with Gasteiger partial charge in [0.25, 0.3) is 6.43 Å². The fourth-order valence-corrected chi connectivity index (χ4v) is 3.42. The zero-order valence-electron chi connectivity index (χ0n) is 15.1. The van der Waals surface area contributed by atoms with Crippen molar-refractivity contribution in [3.63, 3.8) is 0 Å². The van der Waals surface area contributed by atoms with Crippen molar-refractivity contribution in [3.8, 4) is 5.75 Å². The Morgan fingerprint density at radius 1 is 1.22 bits per heavy atom. The summed E-state index contributed by atoms with van der Waals surface area (Å²) in [6.07, 6.45) is 0.0561. The molecule has 2 amide bonds.